The summed E-state index contributed by atoms with van der Waals surface area (Å²) < 4.78 is 11.7. The first-order valence-electron chi connectivity index (χ1n) is 21.8. The molecule has 0 bridgehead atoms. The Morgan fingerprint density at radius 1 is 0.369 bits per heavy atom. The zero-order valence-electron chi connectivity index (χ0n) is 34.7. The van der Waals surface area contributed by atoms with Gasteiger partial charge in [0.1, 0.15) is 11.2 Å². The molecule has 65 heavy (non-hydrogen) atoms. The van der Waals surface area contributed by atoms with Crippen LogP contribution in [0.25, 0.3) is 136 Å². The maximum absolute atomic E-state index is 6.86. The Morgan fingerprint density at radius 2 is 0.923 bits per heavy atom. The second-order valence-electron chi connectivity index (χ2n) is 16.8. The molecule has 0 fully saturated rings. The highest BCUT2D eigenvalue weighted by atomic mass is 32.1. The minimum absolute atomic E-state index is 0.538. The average Bonchev–Trinajstić information content (AvgIpc) is 4.04. The van der Waals surface area contributed by atoms with E-state index in [2.05, 4.69) is 193 Å². The minimum Gasteiger partial charge on any atom is -0.455 e. The molecule has 302 valence electrons. The van der Waals surface area contributed by atoms with Gasteiger partial charge in [-0.05, 0) is 87.3 Å². The van der Waals surface area contributed by atoms with Gasteiger partial charge in [0.2, 0.25) is 0 Å². The van der Waals surface area contributed by atoms with Crippen LogP contribution in [0, 0.1) is 0 Å². The van der Waals surface area contributed by atoms with Gasteiger partial charge in [-0.1, -0.05) is 152 Å². The summed E-state index contributed by atoms with van der Waals surface area (Å²) in [6.07, 6.45) is 0. The van der Waals surface area contributed by atoms with E-state index in [1.807, 2.05) is 18.2 Å². The van der Waals surface area contributed by atoms with E-state index < -0.39 is 0 Å². The molecule has 4 heterocycles. The summed E-state index contributed by atoms with van der Waals surface area (Å²) in [4.78, 5) is 16.2. The molecule has 0 N–H and O–H groups in total. The van der Waals surface area contributed by atoms with E-state index in [1.54, 1.807) is 11.3 Å². The third-order valence-corrected chi connectivity index (χ3v) is 14.1. The number of rotatable bonds is 5. The van der Waals surface area contributed by atoms with Crippen molar-refractivity contribution in [2.45, 2.75) is 0 Å². The molecule has 14 rings (SSSR count). The molecule has 14 aromatic rings. The lowest BCUT2D eigenvalue weighted by molar-refractivity contribution is 0.669. The highest BCUT2D eigenvalue weighted by Gasteiger charge is 2.23. The third kappa shape index (κ3) is 5.67. The highest BCUT2D eigenvalue weighted by Crippen LogP contribution is 2.44. The molecule has 0 saturated heterocycles. The molecule has 6 heteroatoms. The zero-order valence-corrected chi connectivity index (χ0v) is 35.6. The van der Waals surface area contributed by atoms with Crippen molar-refractivity contribution in [3.05, 3.63) is 206 Å². The van der Waals surface area contributed by atoms with Crippen LogP contribution in [0.15, 0.2) is 211 Å². The SMILES string of the molecule is c1ccc(-c2ccc(-c3nc(-c4cc(-n5c6cc7ccccc7cc6c6cc7ccccc7cc65)cc5c4oc4ccccc45)nc(-c4cccc5sc6ccccc6c45)n3)cc2)cc1. The van der Waals surface area contributed by atoms with Crippen molar-refractivity contribution in [1.29, 1.82) is 0 Å². The van der Waals surface area contributed by atoms with Crippen molar-refractivity contribution < 1.29 is 4.42 Å². The van der Waals surface area contributed by atoms with Gasteiger partial charge in [0, 0.05) is 58.5 Å². The predicted octanol–water partition coefficient (Wildman–Crippen LogP) is 16.2. The van der Waals surface area contributed by atoms with Gasteiger partial charge in [0.05, 0.1) is 16.6 Å². The fourth-order valence-corrected chi connectivity index (χ4v) is 11.1. The molecule has 0 amide bonds. The van der Waals surface area contributed by atoms with Crippen LogP contribution in [0.3, 0.4) is 0 Å². The van der Waals surface area contributed by atoms with Crippen LogP contribution in [0.4, 0.5) is 0 Å². The van der Waals surface area contributed by atoms with E-state index >= 15 is 0 Å². The lowest BCUT2D eigenvalue weighted by atomic mass is 10.0. The molecule has 0 atom stereocenters. The van der Waals surface area contributed by atoms with Crippen LogP contribution in [0.5, 0.6) is 0 Å². The van der Waals surface area contributed by atoms with E-state index in [1.165, 1.54) is 47.1 Å². The number of thiophene rings is 1. The molecule has 0 unspecified atom stereocenters. The number of aromatic nitrogens is 4. The van der Waals surface area contributed by atoms with E-state index in [0.717, 1.165) is 71.9 Å². The molecular formula is C59H34N4OS. The number of benzene rings is 10. The predicted molar refractivity (Wildman–Crippen MR) is 271 cm³/mol. The number of para-hydroxylation sites is 1. The van der Waals surface area contributed by atoms with E-state index in [0.29, 0.717) is 17.5 Å². The third-order valence-electron chi connectivity index (χ3n) is 13.0. The topological polar surface area (TPSA) is 56.7 Å². The molecule has 0 aliphatic rings. The van der Waals surface area contributed by atoms with Gasteiger partial charge in [0.15, 0.2) is 17.5 Å². The van der Waals surface area contributed by atoms with Gasteiger partial charge in [-0.2, -0.15) is 0 Å². The number of fused-ring (bicyclic) bond motifs is 11. The molecule has 0 saturated carbocycles. The van der Waals surface area contributed by atoms with Crippen molar-refractivity contribution in [2.24, 2.45) is 0 Å². The second kappa shape index (κ2) is 14.0. The van der Waals surface area contributed by atoms with Gasteiger partial charge >= 0.3 is 0 Å². The molecule has 0 aliphatic heterocycles. The second-order valence-corrected chi connectivity index (χ2v) is 17.8. The Balaban J connectivity index is 1.08. The summed E-state index contributed by atoms with van der Waals surface area (Å²) in [5.41, 5.74) is 9.71. The van der Waals surface area contributed by atoms with Crippen molar-refractivity contribution in [3.8, 4) is 51.0 Å². The normalized spacial score (nSPS) is 12.0. The fourth-order valence-electron chi connectivity index (χ4n) is 9.92. The van der Waals surface area contributed by atoms with Gasteiger partial charge in [-0.25, -0.2) is 15.0 Å². The monoisotopic (exact) mass is 846 g/mol. The number of nitrogens with zero attached hydrogens (tertiary/aromatic N) is 4. The molecule has 5 nitrogen and oxygen atoms in total. The van der Waals surface area contributed by atoms with Crippen molar-refractivity contribution >= 4 is 96.8 Å². The summed E-state index contributed by atoms with van der Waals surface area (Å²) in [5.74, 6) is 1.73. The summed E-state index contributed by atoms with van der Waals surface area (Å²) >= 11 is 1.79. The molecular weight excluding hydrogens is 813 g/mol. The summed E-state index contributed by atoms with van der Waals surface area (Å²) in [7, 11) is 0. The van der Waals surface area contributed by atoms with E-state index in [4.69, 9.17) is 19.4 Å². The number of hydrogen-bond acceptors (Lipinski definition) is 5. The molecule has 0 spiro atoms. The lowest BCUT2D eigenvalue weighted by Gasteiger charge is -2.13. The fraction of sp³-hybridized carbons (Fsp3) is 0. The summed E-state index contributed by atoms with van der Waals surface area (Å²) in [6, 6.07) is 73.4. The Hall–Kier alpha value is -8.45. The van der Waals surface area contributed by atoms with Crippen molar-refractivity contribution in [1.82, 2.24) is 19.5 Å². The Labute approximate surface area is 376 Å². The first-order chi connectivity index (χ1) is 32.2. The molecule has 0 aliphatic carbocycles. The van der Waals surface area contributed by atoms with Gasteiger partial charge in [-0.3, -0.25) is 0 Å². The van der Waals surface area contributed by atoms with Crippen molar-refractivity contribution in [3.63, 3.8) is 0 Å². The first-order valence-corrected chi connectivity index (χ1v) is 22.6. The number of furan rings is 1. The molecule has 4 aromatic heterocycles. The van der Waals surface area contributed by atoms with Crippen LogP contribution >= 0.6 is 11.3 Å². The maximum Gasteiger partial charge on any atom is 0.167 e. The largest absolute Gasteiger partial charge is 0.455 e. The standard InChI is InChI=1S/C59H34N4OS/c1-2-13-35(14-3-1)36-25-27-37(28-26-36)57-60-58(45-21-12-24-54-55(45)44-20-9-11-23-53(44)65-54)62-59(61-57)49-34-42(33-48-43-19-8-10-22-52(43)64-56(48)49)63-50-31-40-17-6-4-15-38(40)29-46(50)47-30-39-16-5-7-18-41(39)32-51(47)63/h1-34H. The van der Waals surface area contributed by atoms with Gasteiger partial charge < -0.3 is 8.98 Å². The average molecular weight is 847 g/mol. The number of hydrogen-bond donors (Lipinski definition) is 0. The van der Waals surface area contributed by atoms with Crippen LogP contribution in [0.2, 0.25) is 0 Å². The smallest absolute Gasteiger partial charge is 0.167 e. The lowest BCUT2D eigenvalue weighted by Crippen LogP contribution is -2.02. The van der Waals surface area contributed by atoms with Crippen LogP contribution in [-0.2, 0) is 0 Å². The Morgan fingerprint density at radius 3 is 1.65 bits per heavy atom. The van der Waals surface area contributed by atoms with E-state index in [9.17, 15) is 0 Å². The summed E-state index contributed by atoms with van der Waals surface area (Å²) in [6.45, 7) is 0. The molecule has 0 radical (unpaired) electrons. The van der Waals surface area contributed by atoms with Crippen LogP contribution < -0.4 is 0 Å². The highest BCUT2D eigenvalue weighted by molar-refractivity contribution is 7.25. The van der Waals surface area contributed by atoms with Gasteiger partial charge in [-0.15, -0.1) is 11.3 Å². The Bertz CT molecular complexity index is 4150. The molecule has 10 aromatic carbocycles. The quantitative estimate of drug-likeness (QED) is 0.173. The Kier molecular flexibility index (Phi) is 7.79. The van der Waals surface area contributed by atoms with E-state index in [-0.39, 0.29) is 0 Å². The summed E-state index contributed by atoms with van der Waals surface area (Å²) in [5, 5.41) is 11.5. The first kappa shape index (κ1) is 36.1. The van der Waals surface area contributed by atoms with Crippen LogP contribution in [0.1, 0.15) is 0 Å². The maximum atomic E-state index is 6.86. The minimum atomic E-state index is 0.538. The van der Waals surface area contributed by atoms with Crippen LogP contribution in [-0.4, -0.2) is 19.5 Å². The zero-order chi connectivity index (χ0) is 42.6. The van der Waals surface area contributed by atoms with Gasteiger partial charge in [0.25, 0.3) is 0 Å². The van der Waals surface area contributed by atoms with Crippen molar-refractivity contribution in [2.75, 3.05) is 0 Å².